The Morgan fingerprint density at radius 3 is 1.87 bits per heavy atom. The van der Waals surface area contributed by atoms with Gasteiger partial charge < -0.3 is 20.1 Å². The van der Waals surface area contributed by atoms with E-state index in [4.69, 9.17) is 9.47 Å². The molecular formula is C15H20N2O6. The number of nitrogens with one attached hydrogen (secondary N) is 2. The second-order valence-electron chi connectivity index (χ2n) is 5.69. The van der Waals surface area contributed by atoms with Gasteiger partial charge in [-0.15, -0.1) is 0 Å². The van der Waals surface area contributed by atoms with Crippen LogP contribution >= 0.6 is 0 Å². The van der Waals surface area contributed by atoms with E-state index in [1.54, 1.807) is 0 Å². The maximum absolute atomic E-state index is 11.6. The predicted octanol–water partition coefficient (Wildman–Crippen LogP) is -0.424. The summed E-state index contributed by atoms with van der Waals surface area (Å²) in [5, 5.41) is 5.34. The molecule has 0 unspecified atom stereocenters. The highest BCUT2D eigenvalue weighted by atomic mass is 16.5. The molecule has 126 valence electrons. The van der Waals surface area contributed by atoms with Crippen LogP contribution in [0.25, 0.3) is 0 Å². The predicted molar refractivity (Wildman–Crippen MR) is 78.0 cm³/mol. The van der Waals surface area contributed by atoms with E-state index in [9.17, 15) is 19.2 Å². The first-order valence-electron chi connectivity index (χ1n) is 7.55. The zero-order valence-electron chi connectivity index (χ0n) is 12.9. The Hall–Kier alpha value is -2.38. The summed E-state index contributed by atoms with van der Waals surface area (Å²) < 4.78 is 9.50. The quantitative estimate of drug-likeness (QED) is 0.463. The molecule has 2 fully saturated rings. The van der Waals surface area contributed by atoms with Gasteiger partial charge in [0.05, 0.1) is 0 Å². The minimum absolute atomic E-state index is 0.00294. The van der Waals surface area contributed by atoms with E-state index in [2.05, 4.69) is 10.6 Å². The van der Waals surface area contributed by atoms with Crippen molar-refractivity contribution in [2.45, 2.75) is 44.7 Å². The summed E-state index contributed by atoms with van der Waals surface area (Å²) >= 11 is 0. The minimum atomic E-state index is -0.812. The molecule has 2 aliphatic rings. The number of amides is 2. The maximum Gasteiger partial charge on any atom is 0.334 e. The van der Waals surface area contributed by atoms with Gasteiger partial charge in [-0.25, -0.2) is 9.59 Å². The molecule has 0 atom stereocenters. The second kappa shape index (κ2) is 7.75. The fourth-order valence-corrected chi connectivity index (χ4v) is 1.65. The number of rotatable bonds is 8. The molecule has 0 aromatic rings. The summed E-state index contributed by atoms with van der Waals surface area (Å²) in [6, 6.07) is 0.379. The lowest BCUT2D eigenvalue weighted by Gasteiger charge is -2.06. The van der Waals surface area contributed by atoms with Crippen LogP contribution in [-0.4, -0.2) is 49.1 Å². The number of carbonyl (C=O) groups is 4. The van der Waals surface area contributed by atoms with Crippen molar-refractivity contribution in [3.05, 3.63) is 11.6 Å². The average molecular weight is 324 g/mol. The van der Waals surface area contributed by atoms with Crippen molar-refractivity contribution < 1.29 is 28.7 Å². The van der Waals surface area contributed by atoms with Crippen LogP contribution in [0.15, 0.2) is 11.6 Å². The van der Waals surface area contributed by atoms with E-state index in [0.29, 0.717) is 0 Å². The van der Waals surface area contributed by atoms with Crippen molar-refractivity contribution >= 4 is 23.8 Å². The van der Waals surface area contributed by atoms with Crippen LogP contribution in [0.1, 0.15) is 32.6 Å². The van der Waals surface area contributed by atoms with E-state index >= 15 is 0 Å². The van der Waals surface area contributed by atoms with Crippen LogP contribution in [0, 0.1) is 0 Å². The third kappa shape index (κ3) is 6.94. The SMILES string of the molecule is C/C(=C\C(=O)OCC(=O)NC1CC1)C(=O)OCC(=O)NC1CC1. The van der Waals surface area contributed by atoms with Gasteiger partial charge >= 0.3 is 11.9 Å². The zero-order chi connectivity index (χ0) is 16.8. The molecule has 2 saturated carbocycles. The maximum atomic E-state index is 11.6. The Kier molecular flexibility index (Phi) is 5.72. The Balaban J connectivity index is 1.64. The van der Waals surface area contributed by atoms with Gasteiger partial charge in [-0.3, -0.25) is 9.59 Å². The highest BCUT2D eigenvalue weighted by Crippen LogP contribution is 2.18. The number of esters is 2. The van der Waals surface area contributed by atoms with Gasteiger partial charge in [-0.05, 0) is 32.6 Å². The van der Waals surface area contributed by atoms with E-state index in [1.165, 1.54) is 6.92 Å². The van der Waals surface area contributed by atoms with E-state index in [-0.39, 0.29) is 36.1 Å². The summed E-state index contributed by atoms with van der Waals surface area (Å²) in [6.45, 7) is 0.587. The van der Waals surface area contributed by atoms with Crippen LogP contribution in [0.4, 0.5) is 0 Å². The van der Waals surface area contributed by atoms with Crippen molar-refractivity contribution in [2.75, 3.05) is 13.2 Å². The topological polar surface area (TPSA) is 111 Å². The van der Waals surface area contributed by atoms with Crippen LogP contribution in [-0.2, 0) is 28.7 Å². The van der Waals surface area contributed by atoms with Gasteiger partial charge in [-0.1, -0.05) is 0 Å². The second-order valence-corrected chi connectivity index (χ2v) is 5.69. The lowest BCUT2D eigenvalue weighted by atomic mass is 10.3. The first kappa shape index (κ1) is 17.0. The minimum Gasteiger partial charge on any atom is -0.452 e. The Labute approximate surface area is 133 Å². The van der Waals surface area contributed by atoms with E-state index in [1.807, 2.05) is 0 Å². The van der Waals surface area contributed by atoms with E-state index in [0.717, 1.165) is 31.8 Å². The van der Waals surface area contributed by atoms with Gasteiger partial charge in [0.25, 0.3) is 11.8 Å². The molecule has 23 heavy (non-hydrogen) atoms. The molecule has 0 bridgehead atoms. The molecule has 2 rings (SSSR count). The van der Waals surface area contributed by atoms with Crippen LogP contribution < -0.4 is 10.6 Å². The van der Waals surface area contributed by atoms with Crippen molar-refractivity contribution in [3.8, 4) is 0 Å². The molecule has 0 aromatic heterocycles. The van der Waals surface area contributed by atoms with Gasteiger partial charge in [-0.2, -0.15) is 0 Å². The molecule has 0 aliphatic heterocycles. The smallest absolute Gasteiger partial charge is 0.334 e. The molecule has 2 aliphatic carbocycles. The third-order valence-electron chi connectivity index (χ3n) is 3.22. The number of hydrogen-bond donors (Lipinski definition) is 2. The van der Waals surface area contributed by atoms with Crippen molar-refractivity contribution in [3.63, 3.8) is 0 Å². The largest absolute Gasteiger partial charge is 0.452 e. The molecule has 2 amide bonds. The van der Waals surface area contributed by atoms with Gasteiger partial charge in [0.15, 0.2) is 13.2 Å². The number of hydrogen-bond acceptors (Lipinski definition) is 6. The highest BCUT2D eigenvalue weighted by molar-refractivity contribution is 5.97. The molecule has 0 saturated heterocycles. The van der Waals surface area contributed by atoms with Crippen LogP contribution in [0.3, 0.4) is 0 Å². The first-order chi connectivity index (χ1) is 10.9. The van der Waals surface area contributed by atoms with Crippen molar-refractivity contribution in [1.82, 2.24) is 10.6 Å². The standard InChI is InChI=1S/C15H20N2O6/c1-9(15(21)23-8-13(19)17-11-4-5-11)6-14(20)22-7-12(18)16-10-2-3-10/h6,10-11H,2-5,7-8H2,1H3,(H,16,18)(H,17,19)/b9-6+. The van der Waals surface area contributed by atoms with Crippen LogP contribution in [0.5, 0.6) is 0 Å². The zero-order valence-corrected chi connectivity index (χ0v) is 12.9. The fraction of sp³-hybridized carbons (Fsp3) is 0.600. The summed E-state index contributed by atoms with van der Waals surface area (Å²) in [5.74, 6) is -2.33. The molecule has 8 nitrogen and oxygen atoms in total. The number of carbonyl (C=O) groups excluding carboxylic acids is 4. The summed E-state index contributed by atoms with van der Waals surface area (Å²) in [7, 11) is 0. The lowest BCUT2D eigenvalue weighted by Crippen LogP contribution is -2.31. The normalized spacial score (nSPS) is 17.2. The third-order valence-corrected chi connectivity index (χ3v) is 3.22. The summed E-state index contributed by atoms with van der Waals surface area (Å²) in [5.41, 5.74) is -0.00294. The van der Waals surface area contributed by atoms with Gasteiger partial charge in [0.1, 0.15) is 0 Å². The van der Waals surface area contributed by atoms with Crippen molar-refractivity contribution in [2.24, 2.45) is 0 Å². The van der Waals surface area contributed by atoms with E-state index < -0.39 is 18.5 Å². The average Bonchev–Trinajstić information content (AvgIpc) is 3.39. The molecule has 0 aromatic carbocycles. The fourth-order valence-electron chi connectivity index (χ4n) is 1.65. The van der Waals surface area contributed by atoms with Gasteiger partial charge in [0, 0.05) is 23.7 Å². The van der Waals surface area contributed by atoms with Crippen LogP contribution in [0.2, 0.25) is 0 Å². The lowest BCUT2D eigenvalue weighted by molar-refractivity contribution is -0.146. The molecular weight excluding hydrogens is 304 g/mol. The first-order valence-corrected chi connectivity index (χ1v) is 7.55. The Morgan fingerprint density at radius 2 is 1.39 bits per heavy atom. The van der Waals surface area contributed by atoms with Crippen molar-refractivity contribution in [1.29, 1.82) is 0 Å². The molecule has 0 radical (unpaired) electrons. The monoisotopic (exact) mass is 324 g/mol. The van der Waals surface area contributed by atoms with Gasteiger partial charge in [0.2, 0.25) is 0 Å². The summed E-state index contributed by atoms with van der Waals surface area (Å²) in [6.07, 6.45) is 4.71. The Morgan fingerprint density at radius 1 is 0.913 bits per heavy atom. The Bertz CT molecular complexity index is 534. The molecule has 8 heteroatoms. The number of ether oxygens (including phenoxy) is 2. The molecule has 0 spiro atoms. The highest BCUT2D eigenvalue weighted by Gasteiger charge is 2.24. The molecule has 2 N–H and O–H groups in total. The molecule has 0 heterocycles. The summed E-state index contributed by atoms with van der Waals surface area (Å²) in [4.78, 5) is 45.8.